The highest BCUT2D eigenvalue weighted by molar-refractivity contribution is 5.75. The van der Waals surface area contributed by atoms with E-state index in [1.807, 2.05) is 59.6 Å². The van der Waals surface area contributed by atoms with Crippen LogP contribution >= 0.6 is 0 Å². The van der Waals surface area contributed by atoms with Crippen molar-refractivity contribution in [2.24, 2.45) is 0 Å². The predicted molar refractivity (Wildman–Crippen MR) is 122 cm³/mol. The third kappa shape index (κ3) is 5.70. The van der Waals surface area contributed by atoms with Gasteiger partial charge in [0.1, 0.15) is 0 Å². The van der Waals surface area contributed by atoms with E-state index in [1.54, 1.807) is 6.20 Å². The van der Waals surface area contributed by atoms with Gasteiger partial charge in [0, 0.05) is 31.6 Å². The van der Waals surface area contributed by atoms with Crippen LogP contribution in [0.1, 0.15) is 42.9 Å². The molecule has 0 radical (unpaired) electrons. The smallest absolute Gasteiger partial charge is 0.318 e. The van der Waals surface area contributed by atoms with Crippen molar-refractivity contribution in [1.82, 2.24) is 15.2 Å². The zero-order valence-corrected chi connectivity index (χ0v) is 17.7. The van der Waals surface area contributed by atoms with Gasteiger partial charge in [0.05, 0.1) is 6.04 Å². The molecule has 31 heavy (non-hydrogen) atoms. The van der Waals surface area contributed by atoms with Gasteiger partial charge in [0.25, 0.3) is 0 Å². The first-order valence-electron chi connectivity index (χ1n) is 11.0. The Balaban J connectivity index is 1.49. The quantitative estimate of drug-likeness (QED) is 0.520. The van der Waals surface area contributed by atoms with Gasteiger partial charge in [0.2, 0.25) is 0 Å². The highest BCUT2D eigenvalue weighted by atomic mass is 16.3. The van der Waals surface area contributed by atoms with Crippen LogP contribution in [0.4, 0.5) is 4.79 Å². The van der Waals surface area contributed by atoms with Crippen LogP contribution in [-0.4, -0.2) is 33.7 Å². The molecule has 0 saturated heterocycles. The summed E-state index contributed by atoms with van der Waals surface area (Å²) in [5.74, 6) is 0. The van der Waals surface area contributed by atoms with Crippen molar-refractivity contribution in [3.63, 3.8) is 0 Å². The molecule has 1 aromatic heterocycles. The van der Waals surface area contributed by atoms with Crippen LogP contribution in [0, 0.1) is 0 Å². The van der Waals surface area contributed by atoms with E-state index >= 15 is 0 Å². The molecule has 1 fully saturated rings. The molecule has 2 N–H and O–H groups in total. The Kier molecular flexibility index (Phi) is 6.95. The molecule has 0 aliphatic heterocycles. The van der Waals surface area contributed by atoms with E-state index in [0.29, 0.717) is 19.4 Å². The van der Waals surface area contributed by atoms with Gasteiger partial charge in [-0.25, -0.2) is 4.79 Å². The average Bonchev–Trinajstić information content (AvgIpc) is 3.67. The number of benzene rings is 2. The molecule has 160 valence electrons. The lowest BCUT2D eigenvalue weighted by Crippen LogP contribution is -2.42. The lowest BCUT2D eigenvalue weighted by molar-refractivity contribution is 0.185. The number of pyridine rings is 1. The lowest BCUT2D eigenvalue weighted by atomic mass is 10.0. The second-order valence-electron chi connectivity index (χ2n) is 8.08. The minimum Gasteiger partial charge on any atom is -0.396 e. The van der Waals surface area contributed by atoms with Crippen LogP contribution in [0.15, 0.2) is 79.1 Å². The number of hydrogen-bond acceptors (Lipinski definition) is 3. The van der Waals surface area contributed by atoms with E-state index in [9.17, 15) is 9.90 Å². The van der Waals surface area contributed by atoms with Crippen LogP contribution in [0.5, 0.6) is 0 Å². The monoisotopic (exact) mass is 415 g/mol. The van der Waals surface area contributed by atoms with Gasteiger partial charge in [-0.15, -0.1) is 0 Å². The summed E-state index contributed by atoms with van der Waals surface area (Å²) in [7, 11) is 0. The van der Waals surface area contributed by atoms with Crippen molar-refractivity contribution in [2.75, 3.05) is 6.61 Å². The van der Waals surface area contributed by atoms with Crippen LogP contribution in [0.2, 0.25) is 0 Å². The topological polar surface area (TPSA) is 65.5 Å². The summed E-state index contributed by atoms with van der Waals surface area (Å²) >= 11 is 0. The molecule has 4 rings (SSSR count). The second kappa shape index (κ2) is 10.2. The third-order valence-corrected chi connectivity index (χ3v) is 5.67. The standard InChI is InChI=1S/C26H29N3O2/c30-16-6-12-25(21-8-2-1-3-9-21)28-26(31)29(24-13-14-24)19-20-7-4-10-22(17-20)23-11-5-15-27-18-23/h1-5,7-11,15,17-18,24-25,30H,6,12-14,16,19H2,(H,28,31). The number of amides is 2. The Bertz CT molecular complexity index is 974. The van der Waals surface area contributed by atoms with E-state index in [0.717, 1.165) is 35.1 Å². The van der Waals surface area contributed by atoms with Crippen molar-refractivity contribution in [2.45, 2.75) is 44.3 Å². The summed E-state index contributed by atoms with van der Waals surface area (Å²) < 4.78 is 0. The molecule has 0 bridgehead atoms. The first kappa shape index (κ1) is 21.1. The fourth-order valence-electron chi connectivity index (χ4n) is 3.87. The third-order valence-electron chi connectivity index (χ3n) is 5.67. The summed E-state index contributed by atoms with van der Waals surface area (Å²) in [4.78, 5) is 19.4. The number of carbonyl (C=O) groups excluding carboxylic acids is 1. The molecule has 5 nitrogen and oxygen atoms in total. The van der Waals surface area contributed by atoms with Crippen molar-refractivity contribution >= 4 is 6.03 Å². The fourth-order valence-corrected chi connectivity index (χ4v) is 3.87. The zero-order valence-electron chi connectivity index (χ0n) is 17.7. The van der Waals surface area contributed by atoms with Crippen molar-refractivity contribution in [3.05, 3.63) is 90.3 Å². The summed E-state index contributed by atoms with van der Waals surface area (Å²) in [5, 5.41) is 12.5. The number of aliphatic hydroxyl groups excluding tert-OH is 1. The highest BCUT2D eigenvalue weighted by Gasteiger charge is 2.33. The number of urea groups is 1. The van der Waals surface area contributed by atoms with Gasteiger partial charge in [-0.2, -0.15) is 0 Å². The molecule has 1 atom stereocenters. The summed E-state index contributed by atoms with van der Waals surface area (Å²) in [6, 6.07) is 22.4. The van der Waals surface area contributed by atoms with Crippen molar-refractivity contribution in [1.29, 1.82) is 0 Å². The highest BCUT2D eigenvalue weighted by Crippen LogP contribution is 2.30. The molecule has 3 aromatic rings. The molecule has 2 aromatic carbocycles. The minimum atomic E-state index is -0.108. The number of hydrogen-bond donors (Lipinski definition) is 2. The van der Waals surface area contributed by atoms with Gasteiger partial charge in [-0.05, 0) is 60.1 Å². The van der Waals surface area contributed by atoms with Gasteiger partial charge >= 0.3 is 6.03 Å². The molecule has 1 aliphatic carbocycles. The first-order valence-corrected chi connectivity index (χ1v) is 11.0. The zero-order chi connectivity index (χ0) is 21.5. The molecule has 1 saturated carbocycles. The maximum absolute atomic E-state index is 13.3. The predicted octanol–water partition coefficient (Wildman–Crippen LogP) is 4.94. The van der Waals surface area contributed by atoms with Crippen molar-refractivity contribution in [3.8, 4) is 11.1 Å². The largest absolute Gasteiger partial charge is 0.396 e. The maximum Gasteiger partial charge on any atom is 0.318 e. The van der Waals surface area contributed by atoms with E-state index in [1.165, 1.54) is 0 Å². The Morgan fingerprint density at radius 3 is 2.58 bits per heavy atom. The Morgan fingerprint density at radius 2 is 1.87 bits per heavy atom. The van der Waals surface area contributed by atoms with Crippen molar-refractivity contribution < 1.29 is 9.90 Å². The number of nitrogens with one attached hydrogen (secondary N) is 1. The number of nitrogens with zero attached hydrogens (tertiary/aromatic N) is 2. The Morgan fingerprint density at radius 1 is 1.06 bits per heavy atom. The Hall–Kier alpha value is -3.18. The molecule has 2 amide bonds. The number of carbonyl (C=O) groups is 1. The van der Waals surface area contributed by atoms with Gasteiger partial charge in [0.15, 0.2) is 0 Å². The molecule has 5 heteroatoms. The molecule has 1 heterocycles. The van der Waals surface area contributed by atoms with E-state index < -0.39 is 0 Å². The number of aliphatic hydroxyl groups is 1. The van der Waals surface area contributed by atoms with E-state index in [-0.39, 0.29) is 24.7 Å². The molecular formula is C26H29N3O2. The van der Waals surface area contributed by atoms with Gasteiger partial charge in [-0.1, -0.05) is 54.6 Å². The van der Waals surface area contributed by atoms with Crippen LogP contribution in [0.25, 0.3) is 11.1 Å². The summed E-state index contributed by atoms with van der Waals surface area (Å²) in [5.41, 5.74) is 4.35. The normalized spacial score (nSPS) is 14.1. The molecule has 1 aliphatic rings. The fraction of sp³-hybridized carbons (Fsp3) is 0.308. The van der Waals surface area contributed by atoms with Gasteiger partial charge in [-0.3, -0.25) is 4.98 Å². The SMILES string of the molecule is O=C(NC(CCCO)c1ccccc1)N(Cc1cccc(-c2cccnc2)c1)C1CC1. The molecule has 0 spiro atoms. The van der Waals surface area contributed by atoms with Crippen LogP contribution < -0.4 is 5.32 Å². The molecular weight excluding hydrogens is 386 g/mol. The lowest BCUT2D eigenvalue weighted by Gasteiger charge is -2.27. The van der Waals surface area contributed by atoms with E-state index in [2.05, 4.69) is 28.5 Å². The Labute approximate surface area is 183 Å². The minimum absolute atomic E-state index is 0.0407. The number of rotatable bonds is 9. The maximum atomic E-state index is 13.3. The summed E-state index contributed by atoms with van der Waals surface area (Å²) in [6.07, 6.45) is 7.07. The average molecular weight is 416 g/mol. The van der Waals surface area contributed by atoms with Gasteiger partial charge < -0.3 is 15.3 Å². The summed E-state index contributed by atoms with van der Waals surface area (Å²) in [6.45, 7) is 0.693. The van der Waals surface area contributed by atoms with Crippen LogP contribution in [-0.2, 0) is 6.54 Å². The molecule has 1 unspecified atom stereocenters. The second-order valence-corrected chi connectivity index (χ2v) is 8.08. The van der Waals surface area contributed by atoms with E-state index in [4.69, 9.17) is 0 Å². The number of aromatic nitrogens is 1. The first-order chi connectivity index (χ1) is 15.2. The van der Waals surface area contributed by atoms with Crippen LogP contribution in [0.3, 0.4) is 0 Å².